The van der Waals surface area contributed by atoms with Gasteiger partial charge in [0, 0.05) is 12.0 Å². The quantitative estimate of drug-likeness (QED) is 0.583. The number of halogens is 1. The van der Waals surface area contributed by atoms with Crippen molar-refractivity contribution in [2.45, 2.75) is 51.9 Å². The van der Waals surface area contributed by atoms with Crippen LogP contribution in [0.5, 0.6) is 0 Å². The number of aryl methyl sites for hydroxylation is 4. The standard InChI is InChI=1S/C25H26FN3O/c1-2-7-22-25(29-23(30)11-6-10-17-8-4-3-5-9-17)28-21-15-12-18-16-19(26)13-14-20(18)24(21)27-22/h3-5,8-9,13-14,16H,2,6-7,10-12,15H2,1H3,(H,28,29,30). The predicted molar refractivity (Wildman–Crippen MR) is 117 cm³/mol. The molecule has 30 heavy (non-hydrogen) atoms. The first-order chi connectivity index (χ1) is 14.6. The minimum Gasteiger partial charge on any atom is -0.309 e. The molecule has 0 saturated carbocycles. The number of carbonyl (C=O) groups excluding carboxylic acids is 1. The molecule has 0 unspecified atom stereocenters. The van der Waals surface area contributed by atoms with Crippen LogP contribution in [0.3, 0.4) is 0 Å². The van der Waals surface area contributed by atoms with Gasteiger partial charge in [-0.3, -0.25) is 4.79 Å². The SMILES string of the molecule is CCCc1nc2c(nc1NC(=O)CCCc1ccccc1)CCc1cc(F)ccc1-2. The van der Waals surface area contributed by atoms with Crippen molar-refractivity contribution in [1.29, 1.82) is 0 Å². The van der Waals surface area contributed by atoms with Crippen molar-refractivity contribution in [2.24, 2.45) is 0 Å². The number of hydrogen-bond acceptors (Lipinski definition) is 3. The molecule has 5 heteroatoms. The van der Waals surface area contributed by atoms with Gasteiger partial charge in [0.05, 0.1) is 17.1 Å². The average molecular weight is 404 g/mol. The molecule has 0 saturated heterocycles. The lowest BCUT2D eigenvalue weighted by molar-refractivity contribution is -0.116. The van der Waals surface area contributed by atoms with E-state index in [1.54, 1.807) is 12.1 Å². The number of hydrogen-bond donors (Lipinski definition) is 1. The molecule has 2 aromatic carbocycles. The van der Waals surface area contributed by atoms with Crippen LogP contribution in [-0.2, 0) is 30.5 Å². The predicted octanol–water partition coefficient (Wildman–Crippen LogP) is 5.30. The second-order valence-electron chi connectivity index (χ2n) is 7.75. The number of rotatable bonds is 7. The first-order valence-electron chi connectivity index (χ1n) is 10.7. The molecule has 0 atom stereocenters. The molecule has 4 nitrogen and oxygen atoms in total. The van der Waals surface area contributed by atoms with Crippen molar-refractivity contribution >= 4 is 11.7 Å². The molecule has 0 fully saturated rings. The van der Waals surface area contributed by atoms with Crippen molar-refractivity contribution in [3.63, 3.8) is 0 Å². The lowest BCUT2D eigenvalue weighted by Crippen LogP contribution is -2.18. The third kappa shape index (κ3) is 4.56. The molecule has 1 aromatic heterocycles. The molecule has 3 aromatic rings. The topological polar surface area (TPSA) is 54.9 Å². The van der Waals surface area contributed by atoms with Crippen LogP contribution in [-0.4, -0.2) is 15.9 Å². The molecule has 0 radical (unpaired) electrons. The first kappa shape index (κ1) is 20.2. The Bertz CT molecular complexity index is 1050. The Morgan fingerprint density at radius 3 is 2.70 bits per heavy atom. The summed E-state index contributed by atoms with van der Waals surface area (Å²) in [7, 11) is 0. The van der Waals surface area contributed by atoms with E-state index in [0.717, 1.165) is 60.3 Å². The molecule has 1 aliphatic carbocycles. The average Bonchev–Trinajstić information content (AvgIpc) is 2.75. The fraction of sp³-hybridized carbons (Fsp3) is 0.320. The van der Waals surface area contributed by atoms with E-state index in [2.05, 4.69) is 24.4 Å². The van der Waals surface area contributed by atoms with Crippen LogP contribution in [0.2, 0.25) is 0 Å². The molecular formula is C25H26FN3O. The maximum Gasteiger partial charge on any atom is 0.225 e. The second kappa shape index (κ2) is 9.16. The van der Waals surface area contributed by atoms with Gasteiger partial charge in [-0.2, -0.15) is 0 Å². The van der Waals surface area contributed by atoms with Gasteiger partial charge in [0.1, 0.15) is 5.82 Å². The Hall–Kier alpha value is -3.08. The Morgan fingerprint density at radius 2 is 1.90 bits per heavy atom. The van der Waals surface area contributed by atoms with E-state index in [4.69, 9.17) is 9.97 Å². The van der Waals surface area contributed by atoms with Gasteiger partial charge in [-0.25, -0.2) is 14.4 Å². The van der Waals surface area contributed by atoms with Gasteiger partial charge >= 0.3 is 0 Å². The number of amides is 1. The van der Waals surface area contributed by atoms with E-state index < -0.39 is 0 Å². The van der Waals surface area contributed by atoms with Crippen LogP contribution < -0.4 is 5.32 Å². The minimum atomic E-state index is -0.224. The molecule has 1 heterocycles. The molecule has 0 bridgehead atoms. The number of anilines is 1. The molecule has 0 aliphatic heterocycles. The number of nitrogens with one attached hydrogen (secondary N) is 1. The highest BCUT2D eigenvalue weighted by atomic mass is 19.1. The zero-order chi connectivity index (χ0) is 20.9. The largest absolute Gasteiger partial charge is 0.309 e. The van der Waals surface area contributed by atoms with Crippen LogP contribution in [0.4, 0.5) is 10.2 Å². The maximum absolute atomic E-state index is 13.6. The number of carbonyl (C=O) groups is 1. The number of fused-ring (bicyclic) bond motifs is 3. The first-order valence-corrected chi connectivity index (χ1v) is 10.7. The highest BCUT2D eigenvalue weighted by Crippen LogP contribution is 2.33. The smallest absolute Gasteiger partial charge is 0.225 e. The third-order valence-electron chi connectivity index (χ3n) is 5.45. The van der Waals surface area contributed by atoms with Crippen LogP contribution >= 0.6 is 0 Å². The normalized spacial score (nSPS) is 12.2. The minimum absolute atomic E-state index is 0.0317. The van der Waals surface area contributed by atoms with E-state index in [1.165, 1.54) is 11.6 Å². The lowest BCUT2D eigenvalue weighted by atomic mass is 9.91. The zero-order valence-electron chi connectivity index (χ0n) is 17.2. The molecular weight excluding hydrogens is 377 g/mol. The highest BCUT2D eigenvalue weighted by Gasteiger charge is 2.22. The fourth-order valence-electron chi connectivity index (χ4n) is 3.95. The summed E-state index contributed by atoms with van der Waals surface area (Å²) >= 11 is 0. The van der Waals surface area contributed by atoms with Gasteiger partial charge in [-0.15, -0.1) is 0 Å². The highest BCUT2D eigenvalue weighted by molar-refractivity contribution is 5.90. The van der Waals surface area contributed by atoms with Gasteiger partial charge in [-0.05, 0) is 61.4 Å². The monoisotopic (exact) mass is 403 g/mol. The van der Waals surface area contributed by atoms with Gasteiger partial charge in [0.15, 0.2) is 5.82 Å². The van der Waals surface area contributed by atoms with Crippen molar-refractivity contribution in [3.8, 4) is 11.3 Å². The van der Waals surface area contributed by atoms with Crippen LogP contribution in [0.25, 0.3) is 11.3 Å². The maximum atomic E-state index is 13.6. The van der Waals surface area contributed by atoms with Gasteiger partial charge in [-0.1, -0.05) is 43.7 Å². The van der Waals surface area contributed by atoms with Crippen molar-refractivity contribution < 1.29 is 9.18 Å². The Kier molecular flexibility index (Phi) is 6.17. The zero-order valence-corrected chi connectivity index (χ0v) is 17.2. The summed E-state index contributed by atoms with van der Waals surface area (Å²) in [5, 5.41) is 2.99. The summed E-state index contributed by atoms with van der Waals surface area (Å²) in [6.45, 7) is 2.08. The van der Waals surface area contributed by atoms with Gasteiger partial charge in [0.25, 0.3) is 0 Å². The van der Waals surface area contributed by atoms with E-state index in [1.807, 2.05) is 18.2 Å². The summed E-state index contributed by atoms with van der Waals surface area (Å²) in [6, 6.07) is 15.0. The summed E-state index contributed by atoms with van der Waals surface area (Å²) in [5.74, 6) is 0.319. The molecule has 4 rings (SSSR count). The van der Waals surface area contributed by atoms with E-state index in [9.17, 15) is 9.18 Å². The van der Waals surface area contributed by atoms with Crippen LogP contribution in [0.1, 0.15) is 48.7 Å². The fourth-order valence-corrected chi connectivity index (χ4v) is 3.95. The van der Waals surface area contributed by atoms with Crippen LogP contribution in [0, 0.1) is 5.82 Å². The molecule has 1 aliphatic rings. The molecule has 0 spiro atoms. The molecule has 1 N–H and O–H groups in total. The number of nitrogens with zero attached hydrogens (tertiary/aromatic N) is 2. The summed E-state index contributed by atoms with van der Waals surface area (Å²) in [4.78, 5) is 22.2. The Balaban J connectivity index is 1.50. The third-order valence-corrected chi connectivity index (χ3v) is 5.45. The summed E-state index contributed by atoms with van der Waals surface area (Å²) in [6.07, 6.45) is 5.17. The van der Waals surface area contributed by atoms with Crippen LogP contribution in [0.15, 0.2) is 48.5 Å². The summed E-state index contributed by atoms with van der Waals surface area (Å²) < 4.78 is 13.6. The van der Waals surface area contributed by atoms with Crippen molar-refractivity contribution in [1.82, 2.24) is 9.97 Å². The van der Waals surface area contributed by atoms with Gasteiger partial charge in [0.2, 0.25) is 5.91 Å². The molecule has 154 valence electrons. The molecule has 1 amide bonds. The Labute approximate surface area is 176 Å². The Morgan fingerprint density at radius 1 is 1.07 bits per heavy atom. The number of aromatic nitrogens is 2. The van der Waals surface area contributed by atoms with Gasteiger partial charge < -0.3 is 5.32 Å². The summed E-state index contributed by atoms with van der Waals surface area (Å²) in [5.41, 5.74) is 5.64. The van der Waals surface area contributed by atoms with E-state index in [0.29, 0.717) is 18.7 Å². The van der Waals surface area contributed by atoms with E-state index in [-0.39, 0.29) is 11.7 Å². The number of benzene rings is 2. The van der Waals surface area contributed by atoms with E-state index >= 15 is 0 Å². The second-order valence-corrected chi connectivity index (χ2v) is 7.75. The van der Waals surface area contributed by atoms with Crippen molar-refractivity contribution in [3.05, 3.63) is 76.9 Å². The van der Waals surface area contributed by atoms with Crippen molar-refractivity contribution in [2.75, 3.05) is 5.32 Å². The lowest BCUT2D eigenvalue weighted by Gasteiger charge is -2.21.